The first-order valence-corrected chi connectivity index (χ1v) is 11.0. The largest absolute Gasteiger partial charge is 0.507 e. The molecule has 32 heavy (non-hydrogen) atoms. The Kier molecular flexibility index (Phi) is 8.06. The second-order valence-electron chi connectivity index (χ2n) is 8.29. The quantitative estimate of drug-likeness (QED) is 0.422. The number of phenolic OH excluding ortho intramolecular Hbond substituents is 1. The lowest BCUT2D eigenvalue weighted by molar-refractivity contribution is -0.137. The number of hydrogen-bond acceptors (Lipinski definition) is 6. The molecule has 0 spiro atoms. The molecule has 1 fully saturated rings. The van der Waals surface area contributed by atoms with Crippen LogP contribution in [0, 0.1) is 6.92 Å². The number of halogens is 3. The fraction of sp³-hybridized carbons (Fsp3) is 0.522. The maximum atomic E-state index is 12.8. The summed E-state index contributed by atoms with van der Waals surface area (Å²) in [5.41, 5.74) is 0.365. The van der Waals surface area contributed by atoms with Crippen LogP contribution in [0.15, 0.2) is 24.3 Å². The fourth-order valence-electron chi connectivity index (χ4n) is 4.06. The molecule has 2 N–H and O–H groups in total. The van der Waals surface area contributed by atoms with Crippen LogP contribution in [0.2, 0.25) is 0 Å². The van der Waals surface area contributed by atoms with Crippen molar-refractivity contribution in [3.05, 3.63) is 35.4 Å². The average Bonchev–Trinajstić information content (AvgIpc) is 2.74. The third-order valence-corrected chi connectivity index (χ3v) is 5.72. The second kappa shape index (κ2) is 10.8. The van der Waals surface area contributed by atoms with Crippen LogP contribution in [0.3, 0.4) is 0 Å². The molecule has 2 heterocycles. The molecule has 2 aromatic rings. The number of carbonyl (C=O) groups is 1. The van der Waals surface area contributed by atoms with Gasteiger partial charge in [-0.3, -0.25) is 0 Å². The Bertz CT molecular complexity index is 921. The van der Waals surface area contributed by atoms with Gasteiger partial charge in [0.2, 0.25) is 0 Å². The van der Waals surface area contributed by atoms with Gasteiger partial charge in [-0.2, -0.15) is 13.2 Å². The van der Waals surface area contributed by atoms with E-state index in [1.54, 1.807) is 13.0 Å². The first-order valence-electron chi connectivity index (χ1n) is 11.0. The number of rotatable bonds is 9. The highest BCUT2D eigenvalue weighted by atomic mass is 19.4. The van der Waals surface area contributed by atoms with Crippen LogP contribution in [-0.4, -0.2) is 52.2 Å². The standard InChI is InChI=1S/C23H29F3N4O2/c1-16-13-21(27-18-7-6-11-30(15-18)10-4-2-3-5-12-31)28-29-22(16)19-9-8-17(14-20(19)32)23(24,25)26/h8-9,12-14,18,32H,2-7,10-11,15H2,1H3,(H,27,28). The van der Waals surface area contributed by atoms with Gasteiger partial charge in [-0.05, 0) is 75.5 Å². The Morgan fingerprint density at radius 2 is 2.03 bits per heavy atom. The summed E-state index contributed by atoms with van der Waals surface area (Å²) in [6.45, 7) is 4.76. The van der Waals surface area contributed by atoms with Gasteiger partial charge in [-0.15, -0.1) is 10.2 Å². The average molecular weight is 451 g/mol. The van der Waals surface area contributed by atoms with Crippen LogP contribution in [0.1, 0.15) is 49.7 Å². The topological polar surface area (TPSA) is 78.4 Å². The van der Waals surface area contributed by atoms with Crippen LogP contribution in [0.25, 0.3) is 11.3 Å². The predicted octanol–water partition coefficient (Wildman–Crippen LogP) is 4.81. The highest BCUT2D eigenvalue weighted by Crippen LogP contribution is 2.36. The Labute approximate surface area is 185 Å². The van der Waals surface area contributed by atoms with Crippen molar-refractivity contribution in [3.8, 4) is 17.0 Å². The molecule has 0 radical (unpaired) electrons. The van der Waals surface area contributed by atoms with Gasteiger partial charge in [-0.25, -0.2) is 0 Å². The molecule has 3 rings (SSSR count). The van der Waals surface area contributed by atoms with E-state index >= 15 is 0 Å². The number of benzene rings is 1. The number of aryl methyl sites for hydroxylation is 1. The number of hydrogen-bond donors (Lipinski definition) is 2. The molecule has 0 amide bonds. The van der Waals surface area contributed by atoms with E-state index in [0.29, 0.717) is 29.6 Å². The minimum absolute atomic E-state index is 0.216. The highest BCUT2D eigenvalue weighted by molar-refractivity contribution is 5.70. The molecule has 1 atom stereocenters. The summed E-state index contributed by atoms with van der Waals surface area (Å²) in [6, 6.07) is 4.89. The van der Waals surface area contributed by atoms with E-state index in [2.05, 4.69) is 20.4 Å². The number of unbranched alkanes of at least 4 members (excludes halogenated alkanes) is 3. The molecule has 1 aromatic carbocycles. The maximum Gasteiger partial charge on any atom is 0.416 e. The Hall–Kier alpha value is -2.68. The molecular weight excluding hydrogens is 421 g/mol. The molecule has 1 aromatic heterocycles. The van der Waals surface area contributed by atoms with Crippen LogP contribution in [0.4, 0.5) is 19.0 Å². The monoisotopic (exact) mass is 450 g/mol. The first kappa shape index (κ1) is 24.0. The zero-order valence-corrected chi connectivity index (χ0v) is 18.2. The third kappa shape index (κ3) is 6.41. The summed E-state index contributed by atoms with van der Waals surface area (Å²) in [4.78, 5) is 12.8. The molecule has 1 aliphatic rings. The molecule has 0 bridgehead atoms. The van der Waals surface area contributed by atoms with Gasteiger partial charge in [0.05, 0.1) is 11.3 Å². The lowest BCUT2D eigenvalue weighted by Gasteiger charge is -2.33. The van der Waals surface area contributed by atoms with Crippen molar-refractivity contribution in [3.63, 3.8) is 0 Å². The predicted molar refractivity (Wildman–Crippen MR) is 116 cm³/mol. The lowest BCUT2D eigenvalue weighted by atomic mass is 10.0. The highest BCUT2D eigenvalue weighted by Gasteiger charge is 2.31. The minimum Gasteiger partial charge on any atom is -0.507 e. The SMILES string of the molecule is Cc1cc(NC2CCCN(CCCCCC=O)C2)nnc1-c1ccc(C(F)(F)F)cc1O. The summed E-state index contributed by atoms with van der Waals surface area (Å²) < 4.78 is 38.5. The lowest BCUT2D eigenvalue weighted by Crippen LogP contribution is -2.42. The van der Waals surface area contributed by atoms with Crippen LogP contribution in [0.5, 0.6) is 5.75 Å². The number of nitrogens with zero attached hydrogens (tertiary/aromatic N) is 3. The molecule has 1 aliphatic heterocycles. The molecular formula is C23H29F3N4O2. The van der Waals surface area contributed by atoms with E-state index in [9.17, 15) is 23.1 Å². The zero-order chi connectivity index (χ0) is 23.1. The van der Waals surface area contributed by atoms with Gasteiger partial charge in [0, 0.05) is 24.6 Å². The number of aromatic hydroxyl groups is 1. The van der Waals surface area contributed by atoms with E-state index in [0.717, 1.165) is 64.1 Å². The van der Waals surface area contributed by atoms with Crippen molar-refractivity contribution < 1.29 is 23.1 Å². The van der Waals surface area contributed by atoms with Crippen LogP contribution >= 0.6 is 0 Å². The second-order valence-corrected chi connectivity index (χ2v) is 8.29. The van der Waals surface area contributed by atoms with Gasteiger partial charge in [0.15, 0.2) is 0 Å². The number of phenols is 1. The van der Waals surface area contributed by atoms with E-state index < -0.39 is 17.5 Å². The van der Waals surface area contributed by atoms with Gasteiger partial charge in [-0.1, -0.05) is 6.42 Å². The zero-order valence-electron chi connectivity index (χ0n) is 18.2. The number of aromatic nitrogens is 2. The summed E-state index contributed by atoms with van der Waals surface area (Å²) in [7, 11) is 0. The normalized spacial score (nSPS) is 17.3. The number of aldehydes is 1. The van der Waals surface area contributed by atoms with Crippen molar-refractivity contribution in [1.29, 1.82) is 0 Å². The van der Waals surface area contributed by atoms with E-state index in [1.165, 1.54) is 6.07 Å². The summed E-state index contributed by atoms with van der Waals surface area (Å²) in [6.07, 6.45) is 2.24. The number of nitrogens with one attached hydrogen (secondary N) is 1. The number of likely N-dealkylation sites (tertiary alicyclic amines) is 1. The Morgan fingerprint density at radius 1 is 1.22 bits per heavy atom. The van der Waals surface area contributed by atoms with Crippen molar-refractivity contribution >= 4 is 12.1 Å². The van der Waals surface area contributed by atoms with Gasteiger partial charge in [0.25, 0.3) is 0 Å². The van der Waals surface area contributed by atoms with Crippen molar-refractivity contribution in [2.75, 3.05) is 25.0 Å². The molecule has 0 saturated carbocycles. The molecule has 0 aliphatic carbocycles. The van der Waals surface area contributed by atoms with Gasteiger partial charge >= 0.3 is 6.18 Å². The van der Waals surface area contributed by atoms with Crippen molar-refractivity contribution in [2.45, 2.75) is 57.7 Å². The van der Waals surface area contributed by atoms with Gasteiger partial charge < -0.3 is 20.1 Å². The fourth-order valence-corrected chi connectivity index (χ4v) is 4.06. The summed E-state index contributed by atoms with van der Waals surface area (Å²) in [5, 5.41) is 21.9. The smallest absolute Gasteiger partial charge is 0.416 e. The van der Waals surface area contributed by atoms with E-state index in [1.807, 2.05) is 0 Å². The van der Waals surface area contributed by atoms with Crippen molar-refractivity contribution in [2.24, 2.45) is 0 Å². The Morgan fingerprint density at radius 3 is 2.72 bits per heavy atom. The molecule has 6 nitrogen and oxygen atoms in total. The van der Waals surface area contributed by atoms with Crippen LogP contribution in [-0.2, 0) is 11.0 Å². The molecule has 9 heteroatoms. The molecule has 174 valence electrons. The van der Waals surface area contributed by atoms with Gasteiger partial charge in [0.1, 0.15) is 17.9 Å². The number of carbonyl (C=O) groups excluding carboxylic acids is 1. The maximum absolute atomic E-state index is 12.8. The minimum atomic E-state index is -4.52. The number of piperidine rings is 1. The molecule has 1 saturated heterocycles. The third-order valence-electron chi connectivity index (χ3n) is 5.72. The number of alkyl halides is 3. The molecule has 1 unspecified atom stereocenters. The van der Waals surface area contributed by atoms with E-state index in [-0.39, 0.29) is 11.6 Å². The first-order chi connectivity index (χ1) is 15.3. The van der Waals surface area contributed by atoms with Crippen LogP contribution < -0.4 is 5.32 Å². The van der Waals surface area contributed by atoms with Crippen molar-refractivity contribution in [1.82, 2.24) is 15.1 Å². The number of anilines is 1. The summed E-state index contributed by atoms with van der Waals surface area (Å²) in [5.74, 6) is 0.129. The summed E-state index contributed by atoms with van der Waals surface area (Å²) >= 11 is 0. The van der Waals surface area contributed by atoms with E-state index in [4.69, 9.17) is 0 Å². The Balaban J connectivity index is 1.61.